The molecule has 0 bridgehead atoms. The summed E-state index contributed by atoms with van der Waals surface area (Å²) in [6, 6.07) is 5.75. The molecule has 17 heavy (non-hydrogen) atoms. The Bertz CT molecular complexity index is 369. The van der Waals surface area contributed by atoms with Crippen LogP contribution in [0.15, 0.2) is 18.2 Å². The fourth-order valence-electron chi connectivity index (χ4n) is 1.89. The van der Waals surface area contributed by atoms with E-state index in [-0.39, 0.29) is 11.5 Å². The van der Waals surface area contributed by atoms with Crippen LogP contribution >= 0.6 is 0 Å². The minimum atomic E-state index is -0.0177. The van der Waals surface area contributed by atoms with Gasteiger partial charge in [-0.2, -0.15) is 0 Å². The van der Waals surface area contributed by atoms with Crippen LogP contribution in [0.25, 0.3) is 0 Å². The van der Waals surface area contributed by atoms with E-state index in [0.29, 0.717) is 0 Å². The van der Waals surface area contributed by atoms with Crippen LogP contribution in [-0.2, 0) is 0 Å². The van der Waals surface area contributed by atoms with Crippen molar-refractivity contribution in [2.75, 3.05) is 14.2 Å². The quantitative estimate of drug-likeness (QED) is 0.875. The molecule has 96 valence electrons. The van der Waals surface area contributed by atoms with Crippen LogP contribution in [0.4, 0.5) is 0 Å². The number of rotatable bonds is 4. The van der Waals surface area contributed by atoms with Crippen LogP contribution in [0.1, 0.15) is 38.8 Å². The molecule has 2 N–H and O–H groups in total. The standard InChI is InChI=1S/C14H23NO2/c1-14(2,3)9-12(15)11-7-6-10(16-4)8-13(11)17-5/h6-8,12H,9,15H2,1-5H3. The molecule has 1 atom stereocenters. The molecule has 3 heteroatoms. The minimum Gasteiger partial charge on any atom is -0.497 e. The Kier molecular flexibility index (Phi) is 4.40. The number of methoxy groups -OCH3 is 2. The molecular weight excluding hydrogens is 214 g/mol. The molecule has 0 heterocycles. The van der Waals surface area contributed by atoms with E-state index in [2.05, 4.69) is 20.8 Å². The van der Waals surface area contributed by atoms with Crippen molar-refractivity contribution < 1.29 is 9.47 Å². The first-order valence-electron chi connectivity index (χ1n) is 5.85. The van der Waals surface area contributed by atoms with Gasteiger partial charge in [0, 0.05) is 17.7 Å². The van der Waals surface area contributed by atoms with E-state index >= 15 is 0 Å². The average Bonchev–Trinajstić information content (AvgIpc) is 2.25. The molecule has 0 spiro atoms. The van der Waals surface area contributed by atoms with Crippen LogP contribution in [0.3, 0.4) is 0 Å². The summed E-state index contributed by atoms with van der Waals surface area (Å²) in [5, 5.41) is 0. The zero-order valence-electron chi connectivity index (χ0n) is 11.4. The maximum Gasteiger partial charge on any atom is 0.127 e. The number of ether oxygens (including phenoxy) is 2. The Morgan fingerprint density at radius 2 is 1.82 bits per heavy atom. The first-order valence-corrected chi connectivity index (χ1v) is 5.85. The predicted molar refractivity (Wildman–Crippen MR) is 70.5 cm³/mol. The smallest absolute Gasteiger partial charge is 0.127 e. The summed E-state index contributed by atoms with van der Waals surface area (Å²) in [6.45, 7) is 6.55. The summed E-state index contributed by atoms with van der Waals surface area (Å²) in [7, 11) is 3.30. The van der Waals surface area contributed by atoms with Crippen molar-refractivity contribution in [2.24, 2.45) is 11.1 Å². The normalized spacial score (nSPS) is 13.3. The zero-order chi connectivity index (χ0) is 13.1. The lowest BCUT2D eigenvalue weighted by atomic mass is 9.85. The summed E-state index contributed by atoms with van der Waals surface area (Å²) in [4.78, 5) is 0. The Morgan fingerprint density at radius 3 is 2.29 bits per heavy atom. The predicted octanol–water partition coefficient (Wildman–Crippen LogP) is 3.14. The number of nitrogens with two attached hydrogens (primary N) is 1. The summed E-state index contributed by atoms with van der Waals surface area (Å²) in [5.41, 5.74) is 7.46. The Labute approximate surface area is 104 Å². The molecule has 0 aliphatic rings. The van der Waals surface area contributed by atoms with Crippen molar-refractivity contribution in [3.63, 3.8) is 0 Å². The van der Waals surface area contributed by atoms with Gasteiger partial charge in [0.1, 0.15) is 11.5 Å². The molecule has 0 amide bonds. The Balaban J connectivity index is 2.96. The fraction of sp³-hybridized carbons (Fsp3) is 0.571. The van der Waals surface area contributed by atoms with Gasteiger partial charge in [-0.25, -0.2) is 0 Å². The van der Waals surface area contributed by atoms with Gasteiger partial charge in [-0.1, -0.05) is 26.8 Å². The van der Waals surface area contributed by atoms with Crippen molar-refractivity contribution in [3.05, 3.63) is 23.8 Å². The van der Waals surface area contributed by atoms with Gasteiger partial charge in [-0.15, -0.1) is 0 Å². The average molecular weight is 237 g/mol. The van der Waals surface area contributed by atoms with Crippen LogP contribution in [0, 0.1) is 5.41 Å². The van der Waals surface area contributed by atoms with Crippen molar-refractivity contribution in [2.45, 2.75) is 33.2 Å². The molecule has 0 fully saturated rings. The van der Waals surface area contributed by atoms with E-state index in [0.717, 1.165) is 23.5 Å². The monoisotopic (exact) mass is 237 g/mol. The second-order valence-corrected chi connectivity index (χ2v) is 5.48. The summed E-state index contributed by atoms with van der Waals surface area (Å²) < 4.78 is 10.5. The van der Waals surface area contributed by atoms with E-state index in [1.54, 1.807) is 14.2 Å². The molecule has 1 aromatic rings. The zero-order valence-corrected chi connectivity index (χ0v) is 11.4. The molecule has 0 saturated heterocycles. The lowest BCUT2D eigenvalue weighted by molar-refractivity contribution is 0.333. The van der Waals surface area contributed by atoms with E-state index in [9.17, 15) is 0 Å². The highest BCUT2D eigenvalue weighted by molar-refractivity contribution is 5.42. The molecule has 0 radical (unpaired) electrons. The summed E-state index contributed by atoms with van der Waals surface area (Å²) in [5.74, 6) is 1.58. The van der Waals surface area contributed by atoms with Crippen molar-refractivity contribution in [1.82, 2.24) is 0 Å². The van der Waals surface area contributed by atoms with E-state index < -0.39 is 0 Å². The lowest BCUT2D eigenvalue weighted by Gasteiger charge is -2.24. The van der Waals surface area contributed by atoms with Gasteiger partial charge in [-0.3, -0.25) is 0 Å². The van der Waals surface area contributed by atoms with Gasteiger partial charge in [0.2, 0.25) is 0 Å². The molecular formula is C14H23NO2. The van der Waals surface area contributed by atoms with E-state index in [1.165, 1.54) is 0 Å². The maximum atomic E-state index is 6.23. The van der Waals surface area contributed by atoms with Gasteiger partial charge < -0.3 is 15.2 Å². The van der Waals surface area contributed by atoms with Gasteiger partial charge in [0.15, 0.2) is 0 Å². The third-order valence-corrected chi connectivity index (χ3v) is 2.67. The highest BCUT2D eigenvalue weighted by atomic mass is 16.5. The second kappa shape index (κ2) is 5.41. The molecule has 1 aromatic carbocycles. The van der Waals surface area contributed by atoms with E-state index in [4.69, 9.17) is 15.2 Å². The van der Waals surface area contributed by atoms with Gasteiger partial charge >= 0.3 is 0 Å². The van der Waals surface area contributed by atoms with Crippen LogP contribution < -0.4 is 15.2 Å². The topological polar surface area (TPSA) is 44.5 Å². The number of benzene rings is 1. The van der Waals surface area contributed by atoms with Crippen molar-refractivity contribution in [3.8, 4) is 11.5 Å². The Morgan fingerprint density at radius 1 is 1.18 bits per heavy atom. The maximum absolute atomic E-state index is 6.23. The van der Waals surface area contributed by atoms with Crippen LogP contribution in [0.2, 0.25) is 0 Å². The Hall–Kier alpha value is -1.22. The SMILES string of the molecule is COc1ccc(C(N)CC(C)(C)C)c(OC)c1. The fourth-order valence-corrected chi connectivity index (χ4v) is 1.89. The first-order chi connectivity index (χ1) is 7.87. The highest BCUT2D eigenvalue weighted by Crippen LogP contribution is 2.34. The number of hydrogen-bond donors (Lipinski definition) is 1. The highest BCUT2D eigenvalue weighted by Gasteiger charge is 2.20. The molecule has 1 unspecified atom stereocenters. The second-order valence-electron chi connectivity index (χ2n) is 5.48. The minimum absolute atomic E-state index is 0.0177. The van der Waals surface area contributed by atoms with Crippen molar-refractivity contribution in [1.29, 1.82) is 0 Å². The van der Waals surface area contributed by atoms with Gasteiger partial charge in [0.05, 0.1) is 14.2 Å². The molecule has 1 rings (SSSR count). The third-order valence-electron chi connectivity index (χ3n) is 2.67. The molecule has 0 aromatic heterocycles. The first kappa shape index (κ1) is 13.8. The molecule has 0 aliphatic heterocycles. The largest absolute Gasteiger partial charge is 0.497 e. The lowest BCUT2D eigenvalue weighted by Crippen LogP contribution is -2.19. The van der Waals surface area contributed by atoms with Gasteiger partial charge in [-0.05, 0) is 17.9 Å². The van der Waals surface area contributed by atoms with Crippen LogP contribution in [0.5, 0.6) is 11.5 Å². The van der Waals surface area contributed by atoms with Crippen LogP contribution in [-0.4, -0.2) is 14.2 Å². The van der Waals surface area contributed by atoms with Gasteiger partial charge in [0.25, 0.3) is 0 Å². The molecule has 0 aliphatic carbocycles. The van der Waals surface area contributed by atoms with E-state index in [1.807, 2.05) is 18.2 Å². The molecule has 3 nitrogen and oxygen atoms in total. The summed E-state index contributed by atoms with van der Waals surface area (Å²) in [6.07, 6.45) is 0.912. The van der Waals surface area contributed by atoms with Crippen molar-refractivity contribution >= 4 is 0 Å². The summed E-state index contributed by atoms with van der Waals surface area (Å²) >= 11 is 0. The number of hydrogen-bond acceptors (Lipinski definition) is 3. The molecule has 0 saturated carbocycles. The third kappa shape index (κ3) is 3.93.